The van der Waals surface area contributed by atoms with Crippen molar-refractivity contribution < 1.29 is 18.3 Å². The van der Waals surface area contributed by atoms with Gasteiger partial charge in [0.25, 0.3) is 0 Å². The van der Waals surface area contributed by atoms with Crippen molar-refractivity contribution in [2.24, 2.45) is 0 Å². The number of carboxylic acid groups (broad SMARTS) is 1. The first kappa shape index (κ1) is 15.7. The lowest BCUT2D eigenvalue weighted by Crippen LogP contribution is -2.33. The Kier molecular flexibility index (Phi) is 5.16. The van der Waals surface area contributed by atoms with Crippen LogP contribution in [0.15, 0.2) is 18.2 Å². The number of benzene rings is 1. The number of aromatic carboxylic acids is 1. The Hall–Kier alpha value is -1.31. The molecule has 0 saturated heterocycles. The largest absolute Gasteiger partial charge is 0.478 e. The Labute approximate surface area is 117 Å². The molecular weight excluding hydrogens is 292 g/mol. The van der Waals surface area contributed by atoms with E-state index in [9.17, 15) is 13.2 Å². The zero-order valence-electron chi connectivity index (χ0n) is 10.6. The van der Waals surface area contributed by atoms with E-state index in [1.807, 2.05) is 6.92 Å². The van der Waals surface area contributed by atoms with Gasteiger partial charge < -0.3 is 5.11 Å². The van der Waals surface area contributed by atoms with Crippen molar-refractivity contribution in [2.75, 3.05) is 18.3 Å². The van der Waals surface area contributed by atoms with Gasteiger partial charge in [-0.1, -0.05) is 24.6 Å². The summed E-state index contributed by atoms with van der Waals surface area (Å²) in [6.07, 6.45) is 0.652. The molecule has 0 unspecified atom stereocenters. The van der Waals surface area contributed by atoms with Crippen molar-refractivity contribution >= 4 is 33.5 Å². The molecule has 1 aromatic rings. The zero-order valence-corrected chi connectivity index (χ0v) is 12.1. The minimum atomic E-state index is -3.79. The maximum Gasteiger partial charge on any atom is 0.339 e. The summed E-state index contributed by atoms with van der Waals surface area (Å²) in [4.78, 5) is 11.1. The van der Waals surface area contributed by atoms with Crippen LogP contribution in [-0.4, -0.2) is 37.4 Å². The fourth-order valence-corrected chi connectivity index (χ4v) is 2.76. The quantitative estimate of drug-likeness (QED) is 0.842. The van der Waals surface area contributed by atoms with E-state index < -0.39 is 16.2 Å². The number of carboxylic acids is 1. The molecule has 0 saturated carbocycles. The number of rotatable bonds is 6. The third-order valence-corrected chi connectivity index (χ3v) is 4.21. The second-order valence-electron chi connectivity index (χ2n) is 3.90. The van der Waals surface area contributed by atoms with Gasteiger partial charge in [-0.25, -0.2) is 4.79 Å². The van der Waals surface area contributed by atoms with Crippen LogP contribution >= 0.6 is 11.6 Å². The van der Waals surface area contributed by atoms with E-state index in [-0.39, 0.29) is 16.3 Å². The predicted octanol–water partition coefficient (Wildman–Crippen LogP) is 2.04. The molecule has 0 atom stereocenters. The molecule has 106 valence electrons. The van der Waals surface area contributed by atoms with Gasteiger partial charge in [-0.2, -0.15) is 12.7 Å². The van der Waals surface area contributed by atoms with E-state index in [1.54, 1.807) is 0 Å². The van der Waals surface area contributed by atoms with Gasteiger partial charge in [0.2, 0.25) is 0 Å². The molecule has 8 heteroatoms. The fraction of sp³-hybridized carbons (Fsp3) is 0.364. The van der Waals surface area contributed by atoms with E-state index in [0.717, 1.165) is 4.31 Å². The summed E-state index contributed by atoms with van der Waals surface area (Å²) in [6.45, 7) is 2.17. The fourth-order valence-electron chi connectivity index (χ4n) is 1.48. The SMILES string of the molecule is CCCN(C)S(=O)(=O)Nc1cccc(Cl)c1C(=O)O. The number of hydrogen-bond donors (Lipinski definition) is 2. The van der Waals surface area contributed by atoms with Gasteiger partial charge >= 0.3 is 16.2 Å². The molecule has 0 fully saturated rings. The molecule has 0 bridgehead atoms. The van der Waals surface area contributed by atoms with Crippen molar-refractivity contribution in [3.63, 3.8) is 0 Å². The van der Waals surface area contributed by atoms with Gasteiger partial charge in [0.05, 0.1) is 10.7 Å². The molecule has 0 aliphatic heterocycles. The van der Waals surface area contributed by atoms with Crippen LogP contribution in [0.5, 0.6) is 0 Å². The van der Waals surface area contributed by atoms with Crippen molar-refractivity contribution in [3.05, 3.63) is 28.8 Å². The monoisotopic (exact) mass is 306 g/mol. The molecule has 0 aromatic heterocycles. The van der Waals surface area contributed by atoms with Crippen LogP contribution in [0.2, 0.25) is 5.02 Å². The number of carbonyl (C=O) groups is 1. The van der Waals surface area contributed by atoms with E-state index >= 15 is 0 Å². The Bertz CT molecular complexity index is 574. The Morgan fingerprint density at radius 1 is 1.47 bits per heavy atom. The normalized spacial score (nSPS) is 11.6. The van der Waals surface area contributed by atoms with Gasteiger partial charge in [0.1, 0.15) is 5.56 Å². The van der Waals surface area contributed by atoms with Crippen LogP contribution in [-0.2, 0) is 10.2 Å². The topological polar surface area (TPSA) is 86.7 Å². The van der Waals surface area contributed by atoms with Gasteiger partial charge in [0.15, 0.2) is 0 Å². The highest BCUT2D eigenvalue weighted by Gasteiger charge is 2.21. The van der Waals surface area contributed by atoms with Crippen molar-refractivity contribution in [2.45, 2.75) is 13.3 Å². The van der Waals surface area contributed by atoms with Crippen LogP contribution in [0.4, 0.5) is 5.69 Å². The Balaban J connectivity index is 3.13. The Morgan fingerprint density at radius 3 is 2.63 bits per heavy atom. The number of hydrogen-bond acceptors (Lipinski definition) is 3. The number of halogens is 1. The summed E-state index contributed by atoms with van der Waals surface area (Å²) in [5, 5.41) is 9.03. The summed E-state index contributed by atoms with van der Waals surface area (Å²) in [6, 6.07) is 4.22. The van der Waals surface area contributed by atoms with Crippen LogP contribution in [0.25, 0.3) is 0 Å². The van der Waals surface area contributed by atoms with E-state index in [4.69, 9.17) is 16.7 Å². The number of anilines is 1. The van der Waals surface area contributed by atoms with Gasteiger partial charge in [-0.15, -0.1) is 0 Å². The van der Waals surface area contributed by atoms with Gasteiger partial charge in [-0.3, -0.25) is 4.72 Å². The van der Waals surface area contributed by atoms with E-state index in [0.29, 0.717) is 13.0 Å². The molecule has 0 amide bonds. The minimum Gasteiger partial charge on any atom is -0.478 e. The summed E-state index contributed by atoms with van der Waals surface area (Å²) in [7, 11) is -2.37. The highest BCUT2D eigenvalue weighted by atomic mass is 35.5. The molecule has 0 aliphatic carbocycles. The van der Waals surface area contributed by atoms with Crippen molar-refractivity contribution in [1.29, 1.82) is 0 Å². The first-order valence-corrected chi connectivity index (χ1v) is 7.37. The first-order valence-electron chi connectivity index (χ1n) is 5.55. The first-order chi connectivity index (χ1) is 8.79. The third kappa shape index (κ3) is 3.82. The lowest BCUT2D eigenvalue weighted by molar-refractivity contribution is 0.0698. The molecule has 19 heavy (non-hydrogen) atoms. The molecule has 1 aromatic carbocycles. The van der Waals surface area contributed by atoms with Crippen LogP contribution < -0.4 is 4.72 Å². The number of nitrogens with zero attached hydrogens (tertiary/aromatic N) is 1. The van der Waals surface area contributed by atoms with Crippen molar-refractivity contribution in [3.8, 4) is 0 Å². The standard InChI is InChI=1S/C11H15ClN2O4S/c1-3-7-14(2)19(17,18)13-9-6-4-5-8(12)10(9)11(15)16/h4-6,13H,3,7H2,1-2H3,(H,15,16). The lowest BCUT2D eigenvalue weighted by Gasteiger charge is -2.18. The maximum atomic E-state index is 12.0. The Morgan fingerprint density at radius 2 is 2.11 bits per heavy atom. The molecule has 1 rings (SSSR count). The second-order valence-corrected chi connectivity index (χ2v) is 6.08. The molecule has 2 N–H and O–H groups in total. The van der Waals surface area contributed by atoms with Crippen LogP contribution in [0.1, 0.15) is 23.7 Å². The van der Waals surface area contributed by atoms with Crippen LogP contribution in [0, 0.1) is 0 Å². The van der Waals surface area contributed by atoms with E-state index in [2.05, 4.69) is 4.72 Å². The molecule has 6 nitrogen and oxygen atoms in total. The second kappa shape index (κ2) is 6.23. The van der Waals surface area contributed by atoms with Gasteiger partial charge in [0, 0.05) is 13.6 Å². The summed E-state index contributed by atoms with van der Waals surface area (Å²) in [5.74, 6) is -1.29. The smallest absolute Gasteiger partial charge is 0.339 e. The molecule has 0 spiro atoms. The third-order valence-electron chi connectivity index (χ3n) is 2.42. The highest BCUT2D eigenvalue weighted by molar-refractivity contribution is 7.90. The average Bonchev–Trinajstić information content (AvgIpc) is 2.28. The number of nitrogens with one attached hydrogen (secondary N) is 1. The van der Waals surface area contributed by atoms with Gasteiger partial charge in [-0.05, 0) is 18.6 Å². The maximum absolute atomic E-state index is 12.0. The molecular formula is C11H15ClN2O4S. The highest BCUT2D eigenvalue weighted by Crippen LogP contribution is 2.25. The van der Waals surface area contributed by atoms with Crippen LogP contribution in [0.3, 0.4) is 0 Å². The average molecular weight is 307 g/mol. The summed E-state index contributed by atoms with van der Waals surface area (Å²) < 4.78 is 27.2. The molecule has 0 aliphatic rings. The zero-order chi connectivity index (χ0) is 14.6. The molecule has 0 radical (unpaired) electrons. The minimum absolute atomic E-state index is 0.0224. The summed E-state index contributed by atoms with van der Waals surface area (Å²) in [5.41, 5.74) is -0.319. The van der Waals surface area contributed by atoms with E-state index in [1.165, 1.54) is 25.2 Å². The lowest BCUT2D eigenvalue weighted by atomic mass is 10.2. The summed E-state index contributed by atoms with van der Waals surface area (Å²) >= 11 is 5.76. The predicted molar refractivity (Wildman–Crippen MR) is 73.9 cm³/mol. The van der Waals surface area contributed by atoms with Crippen molar-refractivity contribution in [1.82, 2.24) is 4.31 Å². The molecule has 0 heterocycles.